The van der Waals surface area contributed by atoms with Crippen molar-refractivity contribution in [3.05, 3.63) is 97.2 Å². The van der Waals surface area contributed by atoms with Gasteiger partial charge in [0.05, 0.1) is 0 Å². The van der Waals surface area contributed by atoms with E-state index in [-0.39, 0.29) is 31.1 Å². The average molecular weight is 889 g/mol. The predicted octanol–water partition coefficient (Wildman–Crippen LogP) is 17.4. The zero-order chi connectivity index (χ0) is 46.5. The van der Waals surface area contributed by atoms with Crippen LogP contribution in [0.5, 0.6) is 0 Å². The number of rotatable bonds is 46. The van der Waals surface area contributed by atoms with Gasteiger partial charge in [0, 0.05) is 19.3 Å². The van der Waals surface area contributed by atoms with Crippen LogP contribution in [0.2, 0.25) is 0 Å². The van der Waals surface area contributed by atoms with E-state index in [0.717, 1.165) is 148 Å². The first-order valence-corrected chi connectivity index (χ1v) is 26.2. The van der Waals surface area contributed by atoms with Crippen LogP contribution >= 0.6 is 0 Å². The fraction of sp³-hybridized carbons (Fsp3) is 0.672. The van der Waals surface area contributed by atoms with E-state index in [1.165, 1.54) is 44.9 Å². The van der Waals surface area contributed by atoms with Gasteiger partial charge in [-0.2, -0.15) is 0 Å². The summed E-state index contributed by atoms with van der Waals surface area (Å²) >= 11 is 0. The van der Waals surface area contributed by atoms with Crippen molar-refractivity contribution in [1.82, 2.24) is 0 Å². The number of hydrogen-bond donors (Lipinski definition) is 0. The van der Waals surface area contributed by atoms with Gasteiger partial charge in [-0.15, -0.1) is 0 Å². The zero-order valence-corrected chi connectivity index (χ0v) is 41.5. The molecule has 0 amide bonds. The number of carbonyl (C=O) groups excluding carboxylic acids is 3. The summed E-state index contributed by atoms with van der Waals surface area (Å²) in [7, 11) is 0. The largest absolute Gasteiger partial charge is 0.462 e. The second kappa shape index (κ2) is 52.0. The SMILES string of the molecule is CC/C=C\C/C=C\C/C=C\C/C=C\C/C=C\CCCCCCCC(=O)OCC(COC(=O)CCCCCCC/C=C\CCCC)OC(=O)CCCCCCC/C=C\C/C=C\CCCC. The van der Waals surface area contributed by atoms with Gasteiger partial charge in [0.15, 0.2) is 6.10 Å². The van der Waals surface area contributed by atoms with Gasteiger partial charge in [0.1, 0.15) is 13.2 Å². The van der Waals surface area contributed by atoms with Gasteiger partial charge in [-0.25, -0.2) is 0 Å². The summed E-state index contributed by atoms with van der Waals surface area (Å²) in [5.41, 5.74) is 0. The molecule has 1 unspecified atom stereocenters. The van der Waals surface area contributed by atoms with Crippen molar-refractivity contribution >= 4 is 17.9 Å². The maximum absolute atomic E-state index is 12.8. The summed E-state index contributed by atoms with van der Waals surface area (Å²) in [5, 5.41) is 0. The van der Waals surface area contributed by atoms with E-state index < -0.39 is 6.10 Å². The normalized spacial score (nSPS) is 12.9. The molecule has 64 heavy (non-hydrogen) atoms. The smallest absolute Gasteiger partial charge is 0.306 e. The van der Waals surface area contributed by atoms with E-state index in [1.807, 2.05) is 0 Å². The van der Waals surface area contributed by atoms with Crippen LogP contribution in [-0.2, 0) is 28.6 Å². The lowest BCUT2D eigenvalue weighted by molar-refractivity contribution is -0.167. The second-order valence-electron chi connectivity index (χ2n) is 17.0. The highest BCUT2D eigenvalue weighted by molar-refractivity contribution is 5.71. The molecule has 0 rings (SSSR count). The van der Waals surface area contributed by atoms with E-state index in [2.05, 4.69) is 118 Å². The Labute approximate surface area is 394 Å². The van der Waals surface area contributed by atoms with Crippen LogP contribution < -0.4 is 0 Å². The third kappa shape index (κ3) is 49.3. The summed E-state index contributed by atoms with van der Waals surface area (Å²) in [5.74, 6) is -0.941. The number of allylic oxidation sites excluding steroid dienone is 16. The van der Waals surface area contributed by atoms with Gasteiger partial charge < -0.3 is 14.2 Å². The highest BCUT2D eigenvalue weighted by Crippen LogP contribution is 2.13. The minimum atomic E-state index is -0.796. The summed E-state index contributed by atoms with van der Waals surface area (Å²) in [6.45, 7) is 6.40. The molecule has 0 aromatic rings. The first kappa shape index (κ1) is 60.3. The molecular formula is C58H96O6. The van der Waals surface area contributed by atoms with Crippen molar-refractivity contribution in [2.24, 2.45) is 0 Å². The zero-order valence-electron chi connectivity index (χ0n) is 41.5. The van der Waals surface area contributed by atoms with Gasteiger partial charge in [-0.05, 0) is 109 Å². The monoisotopic (exact) mass is 889 g/mol. The van der Waals surface area contributed by atoms with Gasteiger partial charge in [-0.3, -0.25) is 14.4 Å². The first-order chi connectivity index (χ1) is 31.5. The van der Waals surface area contributed by atoms with Gasteiger partial charge >= 0.3 is 17.9 Å². The van der Waals surface area contributed by atoms with E-state index in [9.17, 15) is 14.4 Å². The Morgan fingerprint density at radius 1 is 0.328 bits per heavy atom. The molecule has 6 nitrogen and oxygen atoms in total. The molecule has 0 saturated heterocycles. The Kier molecular flexibility index (Phi) is 49.0. The molecule has 0 aromatic heterocycles. The third-order valence-electron chi connectivity index (χ3n) is 10.8. The molecular weight excluding hydrogens is 793 g/mol. The fourth-order valence-electron chi connectivity index (χ4n) is 6.82. The van der Waals surface area contributed by atoms with Gasteiger partial charge in [0.25, 0.3) is 0 Å². The Hall–Kier alpha value is -3.67. The molecule has 0 aliphatic heterocycles. The molecule has 0 N–H and O–H groups in total. The van der Waals surface area contributed by atoms with E-state index in [1.54, 1.807) is 0 Å². The Morgan fingerprint density at radius 3 is 0.969 bits per heavy atom. The van der Waals surface area contributed by atoms with Crippen molar-refractivity contribution in [3.8, 4) is 0 Å². The minimum Gasteiger partial charge on any atom is -0.462 e. The van der Waals surface area contributed by atoms with Crippen LogP contribution in [0.1, 0.15) is 233 Å². The number of ether oxygens (including phenoxy) is 3. The topological polar surface area (TPSA) is 78.9 Å². The van der Waals surface area contributed by atoms with Crippen LogP contribution in [0.25, 0.3) is 0 Å². The molecule has 0 aliphatic carbocycles. The molecule has 0 aromatic carbocycles. The molecule has 364 valence electrons. The lowest BCUT2D eigenvalue weighted by Gasteiger charge is -2.18. The summed E-state index contributed by atoms with van der Waals surface area (Å²) in [6.07, 6.45) is 68.2. The first-order valence-electron chi connectivity index (χ1n) is 26.2. The molecule has 6 heteroatoms. The lowest BCUT2D eigenvalue weighted by Crippen LogP contribution is -2.30. The van der Waals surface area contributed by atoms with Gasteiger partial charge in [0.2, 0.25) is 0 Å². The summed E-state index contributed by atoms with van der Waals surface area (Å²) in [4.78, 5) is 38.0. The van der Waals surface area contributed by atoms with Crippen molar-refractivity contribution < 1.29 is 28.6 Å². The van der Waals surface area contributed by atoms with Crippen molar-refractivity contribution in [3.63, 3.8) is 0 Å². The molecule has 0 fully saturated rings. The van der Waals surface area contributed by atoms with Crippen LogP contribution in [0.3, 0.4) is 0 Å². The Balaban J connectivity index is 4.41. The van der Waals surface area contributed by atoms with Crippen LogP contribution in [0, 0.1) is 0 Å². The quantitative estimate of drug-likeness (QED) is 0.0262. The predicted molar refractivity (Wildman–Crippen MR) is 274 cm³/mol. The molecule has 0 saturated carbocycles. The molecule has 1 atom stereocenters. The molecule has 0 bridgehead atoms. The minimum absolute atomic E-state index is 0.0951. The van der Waals surface area contributed by atoms with E-state index >= 15 is 0 Å². The number of esters is 3. The lowest BCUT2D eigenvalue weighted by atomic mass is 10.1. The van der Waals surface area contributed by atoms with E-state index in [0.29, 0.717) is 19.3 Å². The Bertz CT molecular complexity index is 1300. The van der Waals surface area contributed by atoms with Crippen molar-refractivity contribution in [1.29, 1.82) is 0 Å². The maximum atomic E-state index is 12.8. The highest BCUT2D eigenvalue weighted by Gasteiger charge is 2.19. The van der Waals surface area contributed by atoms with Crippen LogP contribution in [0.15, 0.2) is 97.2 Å². The number of unbranched alkanes of at least 4 members (excludes halogenated alkanes) is 19. The summed E-state index contributed by atoms with van der Waals surface area (Å²) in [6, 6.07) is 0. The molecule has 0 aliphatic rings. The second-order valence-corrected chi connectivity index (χ2v) is 17.0. The van der Waals surface area contributed by atoms with Crippen molar-refractivity contribution in [2.45, 2.75) is 239 Å². The fourth-order valence-corrected chi connectivity index (χ4v) is 6.82. The van der Waals surface area contributed by atoms with Gasteiger partial charge in [-0.1, -0.05) is 201 Å². The molecule has 0 heterocycles. The maximum Gasteiger partial charge on any atom is 0.306 e. The average Bonchev–Trinajstić information content (AvgIpc) is 3.29. The van der Waals surface area contributed by atoms with Crippen LogP contribution in [-0.4, -0.2) is 37.2 Å². The van der Waals surface area contributed by atoms with Crippen molar-refractivity contribution in [2.75, 3.05) is 13.2 Å². The number of hydrogen-bond acceptors (Lipinski definition) is 6. The highest BCUT2D eigenvalue weighted by atomic mass is 16.6. The number of carbonyl (C=O) groups is 3. The molecule has 0 radical (unpaired) electrons. The summed E-state index contributed by atoms with van der Waals surface area (Å²) < 4.78 is 16.8. The van der Waals surface area contributed by atoms with Crippen LogP contribution in [0.4, 0.5) is 0 Å². The standard InChI is InChI=1S/C58H96O6/c1-4-7-10-13-16-19-22-24-26-27-28-29-30-31-32-34-36-39-42-45-48-51-57(60)63-54-55(53-62-56(59)50-47-44-41-38-35-21-18-15-12-9-6-3)64-58(61)52-49-46-43-40-37-33-25-23-20-17-14-11-8-5-2/h7,10,14-19,23-26,28-29,31-32,55H,4-6,8-9,11-13,20-22,27,30,33-54H2,1-3H3/b10-7-,17-14-,18-15-,19-16-,25-23-,26-24-,29-28-,32-31-. The molecule has 0 spiro atoms. The third-order valence-corrected chi connectivity index (χ3v) is 10.8. The van der Waals surface area contributed by atoms with E-state index in [4.69, 9.17) is 14.2 Å². The Morgan fingerprint density at radius 2 is 0.609 bits per heavy atom.